The second-order valence-corrected chi connectivity index (χ2v) is 20.0. The maximum Gasteiger partial charge on any atom is 0.306 e. The van der Waals surface area contributed by atoms with Crippen molar-refractivity contribution < 1.29 is 28.6 Å². The summed E-state index contributed by atoms with van der Waals surface area (Å²) in [7, 11) is 0. The minimum absolute atomic E-state index is 0.0879. The highest BCUT2D eigenvalue weighted by Gasteiger charge is 2.19. The Balaban J connectivity index is 4.42. The van der Waals surface area contributed by atoms with Gasteiger partial charge in [0, 0.05) is 19.3 Å². The molecular formula is C63H112O6. The fourth-order valence-electron chi connectivity index (χ4n) is 8.48. The quantitative estimate of drug-likeness (QED) is 0.0199. The van der Waals surface area contributed by atoms with Gasteiger partial charge in [0.15, 0.2) is 6.10 Å². The van der Waals surface area contributed by atoms with Crippen molar-refractivity contribution in [1.82, 2.24) is 0 Å². The standard InChI is InChI=1S/C63H112O6/c1-4-7-10-13-16-19-22-25-28-30-32-35-38-41-44-47-50-53-56-62(65)68-59-60(58-67-61(64)55-52-49-46-43-40-37-34-27-24-21-18-15-12-9-6-3)69-63(66)57-54-51-48-45-42-39-36-33-31-29-26-23-20-17-14-11-8-5-2/h18,21,24,27-28,30,32-33,35-36,60H,4-17,19-20,22-23,25-26,29,31,34,37-59H2,1-3H3/b21-18-,27-24-,30-28-,35-32-,36-33-. The minimum atomic E-state index is -0.790. The Hall–Kier alpha value is -2.89. The van der Waals surface area contributed by atoms with Crippen LogP contribution in [-0.2, 0) is 28.6 Å². The van der Waals surface area contributed by atoms with Gasteiger partial charge in [0.1, 0.15) is 13.2 Å². The number of unbranched alkanes of at least 4 members (excludes halogenated alkanes) is 35. The van der Waals surface area contributed by atoms with Crippen LogP contribution in [-0.4, -0.2) is 37.2 Å². The number of allylic oxidation sites excluding steroid dienone is 10. The number of carbonyl (C=O) groups excluding carboxylic acids is 3. The minimum Gasteiger partial charge on any atom is -0.462 e. The molecule has 0 heterocycles. The second kappa shape index (κ2) is 57.7. The molecule has 6 heteroatoms. The van der Waals surface area contributed by atoms with Crippen LogP contribution in [0.5, 0.6) is 0 Å². The molecule has 1 atom stereocenters. The maximum atomic E-state index is 12.9. The molecule has 0 rings (SSSR count). The average molecular weight is 966 g/mol. The Labute approximate surface area is 428 Å². The van der Waals surface area contributed by atoms with Crippen molar-refractivity contribution >= 4 is 17.9 Å². The molecule has 1 unspecified atom stereocenters. The monoisotopic (exact) mass is 965 g/mol. The van der Waals surface area contributed by atoms with E-state index in [-0.39, 0.29) is 31.1 Å². The summed E-state index contributed by atoms with van der Waals surface area (Å²) in [5, 5.41) is 0. The summed E-state index contributed by atoms with van der Waals surface area (Å²) in [4.78, 5) is 38.2. The van der Waals surface area contributed by atoms with E-state index < -0.39 is 6.10 Å². The Morgan fingerprint density at radius 2 is 0.522 bits per heavy atom. The van der Waals surface area contributed by atoms with Crippen LogP contribution < -0.4 is 0 Å². The fraction of sp³-hybridized carbons (Fsp3) is 0.794. The van der Waals surface area contributed by atoms with Crippen molar-refractivity contribution in [2.45, 2.75) is 309 Å². The van der Waals surface area contributed by atoms with Crippen LogP contribution in [0.4, 0.5) is 0 Å². The predicted molar refractivity (Wildman–Crippen MR) is 298 cm³/mol. The van der Waals surface area contributed by atoms with Crippen LogP contribution in [0, 0.1) is 0 Å². The number of ether oxygens (including phenoxy) is 3. The molecule has 6 nitrogen and oxygen atoms in total. The van der Waals surface area contributed by atoms with Gasteiger partial charge in [0.05, 0.1) is 0 Å². The molecule has 0 aliphatic heterocycles. The molecule has 0 fully saturated rings. The largest absolute Gasteiger partial charge is 0.462 e. The van der Waals surface area contributed by atoms with Gasteiger partial charge in [-0.2, -0.15) is 0 Å². The van der Waals surface area contributed by atoms with Crippen LogP contribution in [0.2, 0.25) is 0 Å². The third-order valence-corrected chi connectivity index (χ3v) is 13.0. The Morgan fingerprint density at radius 1 is 0.290 bits per heavy atom. The number of hydrogen-bond donors (Lipinski definition) is 0. The van der Waals surface area contributed by atoms with Gasteiger partial charge >= 0.3 is 17.9 Å². The topological polar surface area (TPSA) is 78.9 Å². The lowest BCUT2D eigenvalue weighted by molar-refractivity contribution is -0.167. The average Bonchev–Trinajstić information content (AvgIpc) is 3.35. The fourth-order valence-corrected chi connectivity index (χ4v) is 8.48. The lowest BCUT2D eigenvalue weighted by atomic mass is 10.1. The Bertz CT molecular complexity index is 1250. The predicted octanol–water partition coefficient (Wildman–Crippen LogP) is 20.0. The van der Waals surface area contributed by atoms with E-state index >= 15 is 0 Å². The van der Waals surface area contributed by atoms with Crippen molar-refractivity contribution in [3.05, 3.63) is 60.8 Å². The van der Waals surface area contributed by atoms with E-state index in [0.717, 1.165) is 96.3 Å². The molecule has 0 amide bonds. The molecule has 0 spiro atoms. The van der Waals surface area contributed by atoms with Crippen molar-refractivity contribution in [2.75, 3.05) is 13.2 Å². The molecule has 0 N–H and O–H groups in total. The molecular weight excluding hydrogens is 853 g/mol. The number of esters is 3. The van der Waals surface area contributed by atoms with E-state index in [1.54, 1.807) is 0 Å². The summed E-state index contributed by atoms with van der Waals surface area (Å²) < 4.78 is 16.9. The first-order valence-electron chi connectivity index (χ1n) is 29.8. The van der Waals surface area contributed by atoms with E-state index in [1.807, 2.05) is 0 Å². The number of carbonyl (C=O) groups is 3. The van der Waals surface area contributed by atoms with Crippen LogP contribution in [0.1, 0.15) is 303 Å². The lowest BCUT2D eigenvalue weighted by Gasteiger charge is -2.18. The van der Waals surface area contributed by atoms with E-state index in [2.05, 4.69) is 81.5 Å². The second-order valence-electron chi connectivity index (χ2n) is 20.0. The molecule has 69 heavy (non-hydrogen) atoms. The van der Waals surface area contributed by atoms with Gasteiger partial charge in [0.2, 0.25) is 0 Å². The summed E-state index contributed by atoms with van der Waals surface area (Å²) in [6.07, 6.45) is 72.1. The van der Waals surface area contributed by atoms with Gasteiger partial charge < -0.3 is 14.2 Å². The van der Waals surface area contributed by atoms with Gasteiger partial charge in [-0.25, -0.2) is 0 Å². The van der Waals surface area contributed by atoms with Crippen LogP contribution in [0.25, 0.3) is 0 Å². The normalized spacial score (nSPS) is 12.4. The lowest BCUT2D eigenvalue weighted by Crippen LogP contribution is -2.30. The van der Waals surface area contributed by atoms with Crippen LogP contribution in [0.15, 0.2) is 60.8 Å². The maximum absolute atomic E-state index is 12.9. The number of hydrogen-bond acceptors (Lipinski definition) is 6. The molecule has 0 aromatic rings. The molecule has 0 aliphatic rings. The summed E-state index contributed by atoms with van der Waals surface area (Å²) in [5.74, 6) is -0.910. The summed E-state index contributed by atoms with van der Waals surface area (Å²) in [6.45, 7) is 6.60. The zero-order chi connectivity index (χ0) is 50.0. The van der Waals surface area contributed by atoms with Crippen molar-refractivity contribution in [2.24, 2.45) is 0 Å². The van der Waals surface area contributed by atoms with E-state index in [4.69, 9.17) is 14.2 Å². The van der Waals surface area contributed by atoms with Gasteiger partial charge in [-0.05, 0) is 96.3 Å². The van der Waals surface area contributed by atoms with Gasteiger partial charge in [-0.15, -0.1) is 0 Å². The highest BCUT2D eigenvalue weighted by molar-refractivity contribution is 5.71. The molecule has 0 saturated heterocycles. The van der Waals surface area contributed by atoms with Crippen LogP contribution in [0.3, 0.4) is 0 Å². The van der Waals surface area contributed by atoms with Crippen molar-refractivity contribution in [3.8, 4) is 0 Å². The van der Waals surface area contributed by atoms with E-state index in [9.17, 15) is 14.4 Å². The highest BCUT2D eigenvalue weighted by atomic mass is 16.6. The molecule has 0 aromatic carbocycles. The van der Waals surface area contributed by atoms with Gasteiger partial charge in [-0.3, -0.25) is 14.4 Å². The first kappa shape index (κ1) is 66.1. The summed E-state index contributed by atoms with van der Waals surface area (Å²) >= 11 is 0. The molecule has 0 aliphatic carbocycles. The smallest absolute Gasteiger partial charge is 0.306 e. The molecule has 0 radical (unpaired) electrons. The van der Waals surface area contributed by atoms with Gasteiger partial charge in [0.25, 0.3) is 0 Å². The van der Waals surface area contributed by atoms with Crippen LogP contribution >= 0.6 is 0 Å². The zero-order valence-corrected chi connectivity index (χ0v) is 45.8. The molecule has 400 valence electrons. The Morgan fingerprint density at radius 3 is 0.841 bits per heavy atom. The Kier molecular flexibility index (Phi) is 55.3. The number of rotatable bonds is 54. The summed E-state index contributed by atoms with van der Waals surface area (Å²) in [6, 6.07) is 0. The first-order valence-corrected chi connectivity index (χ1v) is 29.8. The third kappa shape index (κ3) is 55.9. The van der Waals surface area contributed by atoms with Crippen molar-refractivity contribution in [1.29, 1.82) is 0 Å². The first-order chi connectivity index (χ1) is 34.0. The SMILES string of the molecule is CCCCC/C=C\C=C/CCCCCCCCC(=O)OCC(COC(=O)CCCCCCC/C=C\C=C/CCCCCCCCC)OC(=O)CCCCCCC/C=C\CCCCCCCCCCC. The van der Waals surface area contributed by atoms with Gasteiger partial charge in [-0.1, -0.05) is 248 Å². The molecule has 0 saturated carbocycles. The zero-order valence-electron chi connectivity index (χ0n) is 45.8. The van der Waals surface area contributed by atoms with E-state index in [1.165, 1.54) is 167 Å². The third-order valence-electron chi connectivity index (χ3n) is 13.0. The summed E-state index contributed by atoms with van der Waals surface area (Å²) in [5.41, 5.74) is 0. The van der Waals surface area contributed by atoms with Crippen molar-refractivity contribution in [3.63, 3.8) is 0 Å². The highest BCUT2D eigenvalue weighted by Crippen LogP contribution is 2.15. The molecule has 0 aromatic heterocycles. The molecule has 0 bridgehead atoms. The van der Waals surface area contributed by atoms with E-state index in [0.29, 0.717) is 19.3 Å².